The van der Waals surface area contributed by atoms with Gasteiger partial charge in [-0.05, 0) is 18.2 Å². The lowest BCUT2D eigenvalue weighted by Crippen LogP contribution is -2.06. The van der Waals surface area contributed by atoms with E-state index in [-0.39, 0.29) is 5.56 Å². The van der Waals surface area contributed by atoms with Crippen LogP contribution in [0.15, 0.2) is 40.9 Å². The molecule has 0 spiro atoms. The Morgan fingerprint density at radius 3 is 2.58 bits per heavy atom. The third-order valence-electron chi connectivity index (χ3n) is 2.77. The highest BCUT2D eigenvalue weighted by Gasteiger charge is 2.20. The highest BCUT2D eigenvalue weighted by atomic mass is 79.9. The van der Waals surface area contributed by atoms with E-state index >= 15 is 0 Å². The first-order valence-corrected chi connectivity index (χ1v) is 6.29. The van der Waals surface area contributed by atoms with Gasteiger partial charge < -0.3 is 9.84 Å². The third-order valence-corrected chi connectivity index (χ3v) is 3.26. The smallest absolute Gasteiger partial charge is 0.164 e. The first-order valence-electron chi connectivity index (χ1n) is 5.50. The van der Waals surface area contributed by atoms with Crippen LogP contribution in [0.2, 0.25) is 0 Å². The monoisotopic (exact) mass is 328 g/mol. The zero-order valence-electron chi connectivity index (χ0n) is 10.0. The van der Waals surface area contributed by atoms with Crippen molar-refractivity contribution < 1.29 is 18.6 Å². The van der Waals surface area contributed by atoms with Gasteiger partial charge in [0, 0.05) is 15.6 Å². The van der Waals surface area contributed by atoms with Crippen molar-refractivity contribution in [2.75, 3.05) is 7.11 Å². The van der Waals surface area contributed by atoms with Gasteiger partial charge in [0.25, 0.3) is 0 Å². The standard InChI is InChI=1S/C14H11BrF2O2/c1-19-12-7-8(15)5-6-9(12)14(18)10-3-2-4-11(16)13(10)17/h2-7,14,18H,1H3. The summed E-state index contributed by atoms with van der Waals surface area (Å²) in [5, 5.41) is 10.2. The maximum atomic E-state index is 13.7. The Balaban J connectivity index is 2.49. The van der Waals surface area contributed by atoms with E-state index in [2.05, 4.69) is 15.9 Å². The van der Waals surface area contributed by atoms with Crippen LogP contribution in [-0.2, 0) is 0 Å². The summed E-state index contributed by atoms with van der Waals surface area (Å²) in [6.07, 6.45) is -1.29. The van der Waals surface area contributed by atoms with Crippen LogP contribution in [0.3, 0.4) is 0 Å². The Kier molecular flexibility index (Phi) is 4.17. The van der Waals surface area contributed by atoms with Crippen LogP contribution in [0.25, 0.3) is 0 Å². The lowest BCUT2D eigenvalue weighted by molar-refractivity contribution is 0.208. The molecule has 1 N–H and O–H groups in total. The van der Waals surface area contributed by atoms with Gasteiger partial charge in [-0.3, -0.25) is 0 Å². The van der Waals surface area contributed by atoms with E-state index in [4.69, 9.17) is 4.74 Å². The predicted molar refractivity (Wildman–Crippen MR) is 71.1 cm³/mol. The first kappa shape index (κ1) is 14.0. The molecule has 100 valence electrons. The van der Waals surface area contributed by atoms with E-state index in [0.29, 0.717) is 11.3 Å². The highest BCUT2D eigenvalue weighted by Crippen LogP contribution is 2.33. The van der Waals surface area contributed by atoms with Crippen LogP contribution in [-0.4, -0.2) is 12.2 Å². The van der Waals surface area contributed by atoms with Crippen molar-refractivity contribution in [2.24, 2.45) is 0 Å². The average molecular weight is 329 g/mol. The van der Waals surface area contributed by atoms with E-state index in [9.17, 15) is 13.9 Å². The van der Waals surface area contributed by atoms with Gasteiger partial charge in [0.2, 0.25) is 0 Å². The zero-order chi connectivity index (χ0) is 14.0. The van der Waals surface area contributed by atoms with Gasteiger partial charge in [-0.25, -0.2) is 8.78 Å². The molecule has 2 aromatic carbocycles. The largest absolute Gasteiger partial charge is 0.496 e. The lowest BCUT2D eigenvalue weighted by Gasteiger charge is -2.16. The van der Waals surface area contributed by atoms with Crippen molar-refractivity contribution in [3.05, 3.63) is 63.6 Å². The van der Waals surface area contributed by atoms with Crippen molar-refractivity contribution in [3.8, 4) is 5.75 Å². The third kappa shape index (κ3) is 2.77. The summed E-state index contributed by atoms with van der Waals surface area (Å²) in [6, 6.07) is 8.63. The second-order valence-electron chi connectivity index (χ2n) is 3.93. The number of aliphatic hydroxyl groups excluding tert-OH is 1. The van der Waals surface area contributed by atoms with Crippen LogP contribution < -0.4 is 4.74 Å². The molecule has 1 atom stereocenters. The number of hydrogen-bond donors (Lipinski definition) is 1. The Bertz CT molecular complexity index is 602. The van der Waals surface area contributed by atoms with E-state index in [0.717, 1.165) is 10.5 Å². The molecular formula is C14H11BrF2O2. The van der Waals surface area contributed by atoms with Gasteiger partial charge >= 0.3 is 0 Å². The number of benzene rings is 2. The van der Waals surface area contributed by atoms with Crippen molar-refractivity contribution in [3.63, 3.8) is 0 Å². The number of halogens is 3. The number of rotatable bonds is 3. The van der Waals surface area contributed by atoms with Crippen molar-refractivity contribution in [1.29, 1.82) is 0 Å². The van der Waals surface area contributed by atoms with Crippen LogP contribution in [0.4, 0.5) is 8.78 Å². The number of methoxy groups -OCH3 is 1. The first-order chi connectivity index (χ1) is 9.04. The molecular weight excluding hydrogens is 318 g/mol. The summed E-state index contributed by atoms with van der Waals surface area (Å²) < 4.78 is 32.7. The normalized spacial score (nSPS) is 12.3. The molecule has 0 aliphatic rings. The van der Waals surface area contributed by atoms with Crippen LogP contribution in [0.1, 0.15) is 17.2 Å². The van der Waals surface area contributed by atoms with E-state index in [1.54, 1.807) is 18.2 Å². The molecule has 0 heterocycles. The van der Waals surface area contributed by atoms with E-state index in [1.165, 1.54) is 19.2 Å². The molecule has 0 saturated carbocycles. The molecule has 5 heteroatoms. The van der Waals surface area contributed by atoms with Crippen LogP contribution in [0, 0.1) is 11.6 Å². The Morgan fingerprint density at radius 1 is 1.16 bits per heavy atom. The topological polar surface area (TPSA) is 29.5 Å². The molecule has 0 fully saturated rings. The average Bonchev–Trinajstić information content (AvgIpc) is 2.41. The van der Waals surface area contributed by atoms with Crippen molar-refractivity contribution >= 4 is 15.9 Å². The minimum atomic E-state index is -1.29. The van der Waals surface area contributed by atoms with Crippen molar-refractivity contribution in [1.82, 2.24) is 0 Å². The Labute approximate surface area is 117 Å². The molecule has 0 amide bonds. The summed E-state index contributed by atoms with van der Waals surface area (Å²) in [4.78, 5) is 0. The molecule has 2 nitrogen and oxygen atoms in total. The van der Waals surface area contributed by atoms with E-state index < -0.39 is 17.7 Å². The molecule has 1 unspecified atom stereocenters. The molecule has 0 radical (unpaired) electrons. The summed E-state index contributed by atoms with van der Waals surface area (Å²) in [7, 11) is 1.44. The fourth-order valence-corrected chi connectivity index (χ4v) is 2.15. The summed E-state index contributed by atoms with van der Waals surface area (Å²) in [5.41, 5.74) is 0.246. The molecule has 19 heavy (non-hydrogen) atoms. The van der Waals surface area contributed by atoms with Gasteiger partial charge in [0.05, 0.1) is 7.11 Å². The van der Waals surface area contributed by atoms with Gasteiger partial charge in [-0.2, -0.15) is 0 Å². The zero-order valence-corrected chi connectivity index (χ0v) is 11.6. The fourth-order valence-electron chi connectivity index (χ4n) is 1.81. The second kappa shape index (κ2) is 5.67. The maximum absolute atomic E-state index is 13.7. The molecule has 0 bridgehead atoms. The van der Waals surface area contributed by atoms with Gasteiger partial charge in [-0.1, -0.05) is 34.1 Å². The number of aliphatic hydroxyl groups is 1. The van der Waals surface area contributed by atoms with Gasteiger partial charge in [0.1, 0.15) is 11.9 Å². The summed E-state index contributed by atoms with van der Waals surface area (Å²) in [6.45, 7) is 0. The quantitative estimate of drug-likeness (QED) is 0.928. The Morgan fingerprint density at radius 2 is 1.89 bits per heavy atom. The lowest BCUT2D eigenvalue weighted by atomic mass is 10.00. The van der Waals surface area contributed by atoms with Crippen molar-refractivity contribution in [2.45, 2.75) is 6.10 Å². The molecule has 0 aliphatic carbocycles. The maximum Gasteiger partial charge on any atom is 0.164 e. The van der Waals surface area contributed by atoms with Gasteiger partial charge in [0.15, 0.2) is 11.6 Å². The molecule has 2 aromatic rings. The summed E-state index contributed by atoms with van der Waals surface area (Å²) in [5.74, 6) is -1.65. The fraction of sp³-hybridized carbons (Fsp3) is 0.143. The van der Waals surface area contributed by atoms with E-state index in [1.807, 2.05) is 0 Å². The van der Waals surface area contributed by atoms with Gasteiger partial charge in [-0.15, -0.1) is 0 Å². The summed E-state index contributed by atoms with van der Waals surface area (Å²) >= 11 is 3.27. The molecule has 0 aromatic heterocycles. The predicted octanol–water partition coefficient (Wildman–Crippen LogP) is 3.82. The van der Waals surface area contributed by atoms with Crippen LogP contribution >= 0.6 is 15.9 Å². The molecule has 0 aliphatic heterocycles. The Hall–Kier alpha value is -1.46. The molecule has 2 rings (SSSR count). The number of hydrogen-bond acceptors (Lipinski definition) is 2. The SMILES string of the molecule is COc1cc(Br)ccc1C(O)c1cccc(F)c1F. The number of ether oxygens (including phenoxy) is 1. The minimum Gasteiger partial charge on any atom is -0.496 e. The highest BCUT2D eigenvalue weighted by molar-refractivity contribution is 9.10. The molecule has 0 saturated heterocycles. The van der Waals surface area contributed by atoms with Crippen LogP contribution in [0.5, 0.6) is 5.75 Å². The minimum absolute atomic E-state index is 0.124. The second-order valence-corrected chi connectivity index (χ2v) is 4.85.